The third-order valence-electron chi connectivity index (χ3n) is 4.52. The van der Waals surface area contributed by atoms with Gasteiger partial charge in [0.2, 0.25) is 5.91 Å². The number of hydrogen-bond acceptors (Lipinski definition) is 5. The van der Waals surface area contributed by atoms with Crippen LogP contribution in [0.3, 0.4) is 0 Å². The number of thiazole rings is 1. The van der Waals surface area contributed by atoms with Crippen LogP contribution in [0.1, 0.15) is 22.4 Å². The van der Waals surface area contributed by atoms with Crippen LogP contribution in [0, 0.1) is 20.8 Å². The molecule has 0 unspecified atom stereocenters. The van der Waals surface area contributed by atoms with E-state index < -0.39 is 0 Å². The molecule has 1 amide bonds. The van der Waals surface area contributed by atoms with Crippen molar-refractivity contribution in [1.29, 1.82) is 0 Å². The number of amides is 1. The number of H-pyrrole nitrogens is 1. The van der Waals surface area contributed by atoms with Crippen molar-refractivity contribution in [2.24, 2.45) is 0 Å². The highest BCUT2D eigenvalue weighted by atomic mass is 32.1. The Bertz CT molecular complexity index is 1270. The highest BCUT2D eigenvalue weighted by molar-refractivity contribution is 7.15. The number of fused-ring (bicyclic) bond motifs is 2. The largest absolute Gasteiger partial charge is 0.483 e. The van der Waals surface area contributed by atoms with Gasteiger partial charge in [-0.3, -0.25) is 18.8 Å². The first-order valence-corrected chi connectivity index (χ1v) is 9.64. The number of aryl methyl sites for hydroxylation is 3. The first-order chi connectivity index (χ1) is 13.8. The molecule has 8 nitrogen and oxygen atoms in total. The number of carboxylic acid groups (broad SMARTS) is 1. The number of anilines is 1. The predicted molar refractivity (Wildman–Crippen MR) is 113 cm³/mol. The molecule has 3 aromatic heterocycles. The quantitative estimate of drug-likeness (QED) is 0.447. The minimum atomic E-state index is -0.271. The number of nitrogens with zero attached hydrogens (tertiary/aromatic N) is 2. The van der Waals surface area contributed by atoms with Gasteiger partial charge in [-0.25, -0.2) is 4.98 Å². The van der Waals surface area contributed by atoms with Crippen LogP contribution in [0.5, 0.6) is 0 Å². The number of hydrogen-bond donors (Lipinski definition) is 3. The summed E-state index contributed by atoms with van der Waals surface area (Å²) in [6.07, 6.45) is 3.27. The van der Waals surface area contributed by atoms with E-state index in [0.29, 0.717) is 4.96 Å². The van der Waals surface area contributed by atoms with Crippen molar-refractivity contribution in [3.8, 4) is 0 Å². The Morgan fingerprint density at radius 2 is 2.07 bits per heavy atom. The van der Waals surface area contributed by atoms with Crippen LogP contribution in [-0.4, -0.2) is 31.9 Å². The fourth-order valence-corrected chi connectivity index (χ4v) is 4.00. The van der Waals surface area contributed by atoms with Crippen LogP contribution < -0.4 is 10.9 Å². The van der Waals surface area contributed by atoms with Gasteiger partial charge in [0.25, 0.3) is 12.0 Å². The molecule has 4 aromatic rings. The number of rotatable bonds is 3. The summed E-state index contributed by atoms with van der Waals surface area (Å²) in [6, 6.07) is 4.20. The number of nitrogens with one attached hydrogen (secondary N) is 2. The lowest BCUT2D eigenvalue weighted by atomic mass is 10.0. The normalized spacial score (nSPS) is 10.6. The van der Waals surface area contributed by atoms with Crippen LogP contribution in [0.4, 0.5) is 5.69 Å². The Labute approximate surface area is 169 Å². The topological polar surface area (TPSA) is 117 Å². The second kappa shape index (κ2) is 8.27. The fraction of sp³-hybridized carbons (Fsp3) is 0.200. The Kier molecular flexibility index (Phi) is 5.79. The van der Waals surface area contributed by atoms with Gasteiger partial charge in [-0.1, -0.05) is 11.6 Å². The molecule has 3 N–H and O–H groups in total. The van der Waals surface area contributed by atoms with Crippen molar-refractivity contribution in [1.82, 2.24) is 14.4 Å². The first-order valence-electron chi connectivity index (χ1n) is 8.76. The Balaban J connectivity index is 0.000000755. The van der Waals surface area contributed by atoms with E-state index in [4.69, 9.17) is 9.90 Å². The molecule has 0 spiro atoms. The molecule has 1 aromatic carbocycles. The van der Waals surface area contributed by atoms with Crippen molar-refractivity contribution < 1.29 is 14.7 Å². The molecule has 29 heavy (non-hydrogen) atoms. The minimum Gasteiger partial charge on any atom is -0.483 e. The van der Waals surface area contributed by atoms with E-state index in [1.54, 1.807) is 11.6 Å². The molecule has 0 saturated carbocycles. The average molecular weight is 412 g/mol. The maximum Gasteiger partial charge on any atom is 0.290 e. The summed E-state index contributed by atoms with van der Waals surface area (Å²) in [7, 11) is 0. The van der Waals surface area contributed by atoms with Gasteiger partial charge in [0, 0.05) is 28.2 Å². The molecule has 0 bridgehead atoms. The maximum atomic E-state index is 12.6. The lowest BCUT2D eigenvalue weighted by molar-refractivity contribution is -0.123. The van der Waals surface area contributed by atoms with E-state index in [9.17, 15) is 9.59 Å². The summed E-state index contributed by atoms with van der Waals surface area (Å²) in [6.45, 7) is 5.81. The third-order valence-corrected chi connectivity index (χ3v) is 5.30. The summed E-state index contributed by atoms with van der Waals surface area (Å²) in [5.74, 6) is -0.234. The van der Waals surface area contributed by atoms with Crippen LogP contribution in [0.15, 0.2) is 34.7 Å². The third kappa shape index (κ3) is 4.04. The second-order valence-corrected chi connectivity index (χ2v) is 7.47. The molecular weight excluding hydrogens is 392 g/mol. The van der Waals surface area contributed by atoms with Crippen molar-refractivity contribution in [3.63, 3.8) is 0 Å². The SMILES string of the molecule is Cc1cc(C)c2[nH]c(C)c(CC(=O)Nc3cnc4sccn4c3=O)c2c1.O=CO. The Morgan fingerprint density at radius 3 is 2.79 bits per heavy atom. The number of aromatic nitrogens is 3. The van der Waals surface area contributed by atoms with Gasteiger partial charge < -0.3 is 15.4 Å². The van der Waals surface area contributed by atoms with Crippen LogP contribution in [0.25, 0.3) is 15.9 Å². The van der Waals surface area contributed by atoms with Gasteiger partial charge in [0.1, 0.15) is 5.69 Å². The molecule has 0 saturated heterocycles. The highest BCUT2D eigenvalue weighted by Crippen LogP contribution is 2.27. The standard InChI is InChI=1S/C19H18N4O2S.CH2O2/c1-10-6-11(2)17-14(7-10)13(12(3)21-17)8-16(24)22-15-9-20-19-23(18(15)25)4-5-26-19;2-1-3/h4-7,9,21H,8H2,1-3H3,(H,22,24);1H,(H,2,3). The first kappa shape index (κ1) is 20.3. The molecule has 9 heteroatoms. The van der Waals surface area contributed by atoms with Crippen LogP contribution >= 0.6 is 11.3 Å². The average Bonchev–Trinajstić information content (AvgIpc) is 3.25. The predicted octanol–water partition coefficient (Wildman–Crippen LogP) is 3.04. The molecule has 3 heterocycles. The fourth-order valence-electron chi connectivity index (χ4n) is 3.33. The van der Waals surface area contributed by atoms with Crippen molar-refractivity contribution >= 4 is 45.3 Å². The lowest BCUT2D eigenvalue weighted by Crippen LogP contribution is -2.23. The maximum absolute atomic E-state index is 12.6. The van der Waals surface area contributed by atoms with E-state index in [0.717, 1.165) is 33.3 Å². The molecular formula is C20H20N4O4S. The molecule has 0 atom stereocenters. The van der Waals surface area contributed by atoms with E-state index in [1.165, 1.54) is 21.9 Å². The number of carbonyl (C=O) groups excluding carboxylic acids is 1. The molecule has 0 aliphatic heterocycles. The van der Waals surface area contributed by atoms with E-state index in [2.05, 4.69) is 34.3 Å². The van der Waals surface area contributed by atoms with Crippen molar-refractivity contribution in [2.45, 2.75) is 27.2 Å². The van der Waals surface area contributed by atoms with Crippen LogP contribution in [-0.2, 0) is 16.0 Å². The van der Waals surface area contributed by atoms with Gasteiger partial charge in [0.15, 0.2) is 4.96 Å². The second-order valence-electron chi connectivity index (χ2n) is 6.60. The lowest BCUT2D eigenvalue weighted by Gasteiger charge is -2.06. The number of aromatic amines is 1. The number of carbonyl (C=O) groups is 2. The van der Waals surface area contributed by atoms with Crippen molar-refractivity contribution in [3.05, 3.63) is 62.6 Å². The van der Waals surface area contributed by atoms with E-state index in [1.807, 2.05) is 13.8 Å². The van der Waals surface area contributed by atoms with Gasteiger partial charge in [-0.2, -0.15) is 0 Å². The summed E-state index contributed by atoms with van der Waals surface area (Å²) < 4.78 is 1.43. The summed E-state index contributed by atoms with van der Waals surface area (Å²) in [5.41, 5.74) is 5.20. The van der Waals surface area contributed by atoms with E-state index >= 15 is 0 Å². The Hall–Kier alpha value is -3.46. The zero-order valence-electron chi connectivity index (χ0n) is 16.1. The number of benzene rings is 1. The van der Waals surface area contributed by atoms with E-state index in [-0.39, 0.29) is 30.0 Å². The molecule has 0 radical (unpaired) electrons. The van der Waals surface area contributed by atoms with Gasteiger partial charge in [0.05, 0.1) is 12.6 Å². The molecule has 0 aliphatic carbocycles. The zero-order chi connectivity index (χ0) is 21.1. The smallest absolute Gasteiger partial charge is 0.290 e. The summed E-state index contributed by atoms with van der Waals surface area (Å²) in [4.78, 5) is 41.5. The molecule has 150 valence electrons. The minimum absolute atomic E-state index is 0.191. The molecule has 0 fully saturated rings. The van der Waals surface area contributed by atoms with Gasteiger partial charge in [-0.15, -0.1) is 11.3 Å². The van der Waals surface area contributed by atoms with Gasteiger partial charge >= 0.3 is 0 Å². The summed E-state index contributed by atoms with van der Waals surface area (Å²) >= 11 is 1.37. The zero-order valence-corrected chi connectivity index (χ0v) is 17.0. The summed E-state index contributed by atoms with van der Waals surface area (Å²) in [5, 5.41) is 12.4. The van der Waals surface area contributed by atoms with Crippen LogP contribution in [0.2, 0.25) is 0 Å². The van der Waals surface area contributed by atoms with Gasteiger partial charge in [-0.05, 0) is 38.0 Å². The molecule has 0 aliphatic rings. The monoisotopic (exact) mass is 412 g/mol. The van der Waals surface area contributed by atoms with Crippen molar-refractivity contribution in [2.75, 3.05) is 5.32 Å². The highest BCUT2D eigenvalue weighted by Gasteiger charge is 2.16. The Morgan fingerprint density at radius 1 is 1.34 bits per heavy atom. The molecule has 4 rings (SSSR count).